The normalized spacial score (nSPS) is 11.4. The Kier molecular flexibility index (Phi) is 5.18. The minimum Gasteiger partial charge on any atom is -0.455 e. The third-order valence-corrected chi connectivity index (χ3v) is 6.99. The summed E-state index contributed by atoms with van der Waals surface area (Å²) in [5.41, 5.74) is 11.2. The van der Waals surface area contributed by atoms with E-state index < -0.39 is 0 Å². The molecule has 0 bridgehead atoms. The number of fused-ring (bicyclic) bond motifs is 3. The first-order valence-electron chi connectivity index (χ1n) is 12.0. The number of rotatable bonds is 4. The van der Waals surface area contributed by atoms with Gasteiger partial charge in [-0.25, -0.2) is 4.57 Å². The molecule has 3 aromatic heterocycles. The zero-order valence-electron chi connectivity index (χ0n) is 20.2. The summed E-state index contributed by atoms with van der Waals surface area (Å²) >= 11 is 0. The van der Waals surface area contributed by atoms with Gasteiger partial charge in [0.15, 0.2) is 6.20 Å². The molecule has 6 rings (SSSR count). The fraction of sp³-hybridized carbons (Fsp3) is 0.125. The first-order valence-corrected chi connectivity index (χ1v) is 12.0. The van der Waals surface area contributed by atoms with E-state index in [1.165, 1.54) is 33.5 Å². The highest BCUT2D eigenvalue weighted by molar-refractivity contribution is 6.10. The van der Waals surface area contributed by atoms with Gasteiger partial charge in [0, 0.05) is 40.2 Å². The lowest BCUT2D eigenvalue weighted by Crippen LogP contribution is -2.30. The number of pyridine rings is 2. The maximum Gasteiger partial charge on any atom is 0.212 e. The van der Waals surface area contributed by atoms with Crippen LogP contribution in [0, 0.1) is 13.8 Å². The second-order valence-corrected chi connectivity index (χ2v) is 9.26. The van der Waals surface area contributed by atoms with Crippen molar-refractivity contribution >= 4 is 21.9 Å². The quantitative estimate of drug-likeness (QED) is 0.260. The molecule has 6 aromatic rings. The maximum absolute atomic E-state index is 6.54. The van der Waals surface area contributed by atoms with E-state index >= 15 is 0 Å². The van der Waals surface area contributed by atoms with E-state index in [1.807, 2.05) is 18.3 Å². The predicted molar refractivity (Wildman–Crippen MR) is 142 cm³/mol. The molecular formula is C32H27N2O+. The van der Waals surface area contributed by atoms with Crippen LogP contribution < -0.4 is 4.57 Å². The van der Waals surface area contributed by atoms with Crippen LogP contribution in [0.15, 0.2) is 102 Å². The van der Waals surface area contributed by atoms with Gasteiger partial charge < -0.3 is 4.42 Å². The maximum atomic E-state index is 6.54. The highest BCUT2D eigenvalue weighted by Crippen LogP contribution is 2.39. The summed E-state index contributed by atoms with van der Waals surface area (Å²) in [4.78, 5) is 4.74. The van der Waals surface area contributed by atoms with E-state index in [9.17, 15) is 0 Å². The predicted octanol–water partition coefficient (Wildman–Crippen LogP) is 7.35. The Morgan fingerprint density at radius 1 is 0.771 bits per heavy atom. The minimum atomic E-state index is 0.780. The molecule has 0 N–H and O–H groups in total. The van der Waals surface area contributed by atoms with Crippen molar-refractivity contribution in [1.29, 1.82) is 0 Å². The molecular weight excluding hydrogens is 428 g/mol. The average molecular weight is 456 g/mol. The van der Waals surface area contributed by atoms with Crippen LogP contribution in [-0.2, 0) is 13.5 Å². The zero-order valence-corrected chi connectivity index (χ0v) is 20.2. The molecule has 0 radical (unpaired) electrons. The van der Waals surface area contributed by atoms with Crippen LogP contribution in [0.5, 0.6) is 0 Å². The lowest BCUT2D eigenvalue weighted by molar-refractivity contribution is -0.660. The summed E-state index contributed by atoms with van der Waals surface area (Å²) in [5.74, 6) is 0. The molecule has 0 spiro atoms. The van der Waals surface area contributed by atoms with E-state index in [1.54, 1.807) is 0 Å². The second-order valence-electron chi connectivity index (χ2n) is 9.26. The Labute approximate surface area is 205 Å². The van der Waals surface area contributed by atoms with Gasteiger partial charge in [0.05, 0.1) is 5.69 Å². The van der Waals surface area contributed by atoms with Gasteiger partial charge in [0.1, 0.15) is 18.2 Å². The summed E-state index contributed by atoms with van der Waals surface area (Å²) in [5, 5.41) is 2.29. The Morgan fingerprint density at radius 3 is 2.40 bits per heavy atom. The second kappa shape index (κ2) is 8.52. The molecule has 0 amide bonds. The molecule has 0 saturated carbocycles. The zero-order chi connectivity index (χ0) is 23.9. The van der Waals surface area contributed by atoms with Crippen molar-refractivity contribution in [3.63, 3.8) is 0 Å². The molecule has 3 heteroatoms. The van der Waals surface area contributed by atoms with Gasteiger partial charge in [0.2, 0.25) is 5.69 Å². The molecule has 3 aromatic carbocycles. The van der Waals surface area contributed by atoms with Gasteiger partial charge in [0.25, 0.3) is 0 Å². The Bertz CT molecular complexity index is 1700. The number of hydrogen-bond donors (Lipinski definition) is 0. The standard InChI is InChI=1S/C32H27N2O/c1-21-18-27-26-15-14-24(20-23-10-4-5-11-25(23)29-13-7-9-17-34(29)3)31(28-12-6-8-16-33-28)32(26)35-30(27)19-22(21)2/h4-19H,20H2,1-3H3/q+1. The topological polar surface area (TPSA) is 29.9 Å². The molecule has 0 fully saturated rings. The minimum absolute atomic E-state index is 0.780. The number of furan rings is 1. The highest BCUT2D eigenvalue weighted by atomic mass is 16.3. The fourth-order valence-corrected chi connectivity index (χ4v) is 5.01. The van der Waals surface area contributed by atoms with Crippen molar-refractivity contribution in [3.05, 3.63) is 120 Å². The van der Waals surface area contributed by atoms with Crippen molar-refractivity contribution in [2.45, 2.75) is 20.3 Å². The summed E-state index contributed by atoms with van der Waals surface area (Å²) in [6.45, 7) is 4.29. The first-order chi connectivity index (χ1) is 17.1. The number of aryl methyl sites for hydroxylation is 3. The molecule has 3 heterocycles. The molecule has 0 aliphatic heterocycles. The largest absolute Gasteiger partial charge is 0.455 e. The third kappa shape index (κ3) is 3.70. The Balaban J connectivity index is 1.59. The molecule has 0 unspecified atom stereocenters. The summed E-state index contributed by atoms with van der Waals surface area (Å²) < 4.78 is 8.71. The smallest absolute Gasteiger partial charge is 0.212 e. The summed E-state index contributed by atoms with van der Waals surface area (Å²) in [6.07, 6.45) is 4.73. The molecule has 35 heavy (non-hydrogen) atoms. The van der Waals surface area contributed by atoms with Gasteiger partial charge in [-0.3, -0.25) is 4.98 Å². The summed E-state index contributed by atoms with van der Waals surface area (Å²) in [6, 6.07) is 29.9. The summed E-state index contributed by atoms with van der Waals surface area (Å²) in [7, 11) is 2.09. The van der Waals surface area contributed by atoms with Gasteiger partial charge >= 0.3 is 0 Å². The number of hydrogen-bond acceptors (Lipinski definition) is 2. The van der Waals surface area contributed by atoms with Crippen LogP contribution in [-0.4, -0.2) is 4.98 Å². The van der Waals surface area contributed by atoms with Crippen LogP contribution >= 0.6 is 0 Å². The number of benzene rings is 3. The van der Waals surface area contributed by atoms with E-state index in [0.29, 0.717) is 0 Å². The van der Waals surface area contributed by atoms with E-state index in [-0.39, 0.29) is 0 Å². The average Bonchev–Trinajstić information content (AvgIpc) is 3.22. The van der Waals surface area contributed by atoms with Crippen LogP contribution in [0.2, 0.25) is 0 Å². The molecule has 0 atom stereocenters. The van der Waals surface area contributed by atoms with Crippen molar-refractivity contribution in [1.82, 2.24) is 4.98 Å². The highest BCUT2D eigenvalue weighted by Gasteiger charge is 2.20. The van der Waals surface area contributed by atoms with Crippen molar-refractivity contribution < 1.29 is 8.98 Å². The van der Waals surface area contributed by atoms with Crippen LogP contribution in [0.1, 0.15) is 22.3 Å². The van der Waals surface area contributed by atoms with Crippen molar-refractivity contribution in [2.24, 2.45) is 7.05 Å². The van der Waals surface area contributed by atoms with Gasteiger partial charge in [-0.15, -0.1) is 0 Å². The first kappa shape index (κ1) is 21.3. The van der Waals surface area contributed by atoms with Crippen molar-refractivity contribution in [3.8, 4) is 22.5 Å². The monoisotopic (exact) mass is 455 g/mol. The lowest BCUT2D eigenvalue weighted by atomic mass is 9.92. The van der Waals surface area contributed by atoms with Gasteiger partial charge in [-0.2, -0.15) is 0 Å². The number of nitrogens with zero attached hydrogens (tertiary/aromatic N) is 2. The van der Waals surface area contributed by atoms with E-state index in [0.717, 1.165) is 39.6 Å². The van der Waals surface area contributed by atoms with Crippen LogP contribution in [0.4, 0.5) is 0 Å². The Morgan fingerprint density at radius 2 is 1.57 bits per heavy atom. The Hall–Kier alpha value is -4.24. The van der Waals surface area contributed by atoms with E-state index in [4.69, 9.17) is 9.40 Å². The molecule has 0 saturated heterocycles. The molecule has 170 valence electrons. The van der Waals surface area contributed by atoms with E-state index in [2.05, 4.69) is 104 Å². The molecule has 0 aliphatic rings. The number of aromatic nitrogens is 2. The van der Waals surface area contributed by atoms with Crippen LogP contribution in [0.25, 0.3) is 44.5 Å². The SMILES string of the molecule is Cc1cc2oc3c(-c4ccccn4)c(Cc4ccccc4-c4cccc[n+]4C)ccc3c2cc1C. The molecule has 3 nitrogen and oxygen atoms in total. The van der Waals surface area contributed by atoms with Crippen LogP contribution in [0.3, 0.4) is 0 Å². The lowest BCUT2D eigenvalue weighted by Gasteiger charge is -2.13. The van der Waals surface area contributed by atoms with Crippen molar-refractivity contribution in [2.75, 3.05) is 0 Å². The van der Waals surface area contributed by atoms with Gasteiger partial charge in [-0.05, 0) is 78.9 Å². The van der Waals surface area contributed by atoms with Gasteiger partial charge in [-0.1, -0.05) is 36.4 Å². The third-order valence-electron chi connectivity index (χ3n) is 6.99. The molecule has 0 aliphatic carbocycles. The fourth-order valence-electron chi connectivity index (χ4n) is 5.01.